The molecule has 56 heavy (non-hydrogen) atoms. The molecule has 0 spiro atoms. The van der Waals surface area contributed by atoms with Crippen LogP contribution in [0.1, 0.15) is 64.3 Å². The van der Waals surface area contributed by atoms with Crippen LogP contribution >= 0.6 is 34.7 Å². The number of hydrogen-bond acceptors (Lipinski definition) is 13. The summed E-state index contributed by atoms with van der Waals surface area (Å²) >= 11 is 9.00. The predicted octanol–water partition coefficient (Wildman–Crippen LogP) is 7.50. The van der Waals surface area contributed by atoms with Gasteiger partial charge in [-0.2, -0.15) is 10.5 Å². The number of nitrogens with zero attached hydrogens (tertiary/aromatic N) is 5. The second-order valence-electron chi connectivity index (χ2n) is 13.9. The zero-order valence-electron chi connectivity index (χ0n) is 31.7. The molecule has 1 saturated heterocycles. The van der Waals surface area contributed by atoms with Crippen molar-refractivity contribution < 1.29 is 28.6 Å². The van der Waals surface area contributed by atoms with Crippen LogP contribution in [0.5, 0.6) is 5.75 Å². The second-order valence-corrected chi connectivity index (χ2v) is 16.1. The summed E-state index contributed by atoms with van der Waals surface area (Å²) in [6.07, 6.45) is 1.22. The maximum absolute atomic E-state index is 12.5. The maximum atomic E-state index is 12.5. The number of rotatable bonds is 14. The molecule has 2 aromatic heterocycles. The summed E-state index contributed by atoms with van der Waals surface area (Å²) in [6, 6.07) is 17.3. The summed E-state index contributed by atoms with van der Waals surface area (Å²) < 4.78 is 16.2. The number of benzene rings is 2. The van der Waals surface area contributed by atoms with Gasteiger partial charge in [0.1, 0.15) is 70.2 Å². The second kappa shape index (κ2) is 19.0. The number of carbonyl (C=O) groups is 3. The Bertz CT molecular complexity index is 2120. The SMILES string of the molecule is C[C@H](NC(=O)OC(C)(C)C)C(=O)N[C@@H](C)C(=O)OCCOc1ccc(-c2c(C#N)c(SCc3csc(-c4ccc(Cl)cc4)n3)nc(N3CCCC3)c2C#N)cc1. The van der Waals surface area contributed by atoms with E-state index >= 15 is 0 Å². The molecule has 1 aliphatic heterocycles. The zero-order valence-corrected chi connectivity index (χ0v) is 34.1. The van der Waals surface area contributed by atoms with Gasteiger partial charge in [0.05, 0.1) is 11.3 Å². The molecule has 2 atom stereocenters. The summed E-state index contributed by atoms with van der Waals surface area (Å²) in [6.45, 7) is 9.53. The highest BCUT2D eigenvalue weighted by atomic mass is 35.5. The topological polar surface area (TPSA) is 180 Å². The van der Waals surface area contributed by atoms with Gasteiger partial charge >= 0.3 is 12.1 Å². The van der Waals surface area contributed by atoms with Crippen molar-refractivity contribution in [3.63, 3.8) is 0 Å². The van der Waals surface area contributed by atoms with Crippen LogP contribution in [-0.4, -0.2) is 71.9 Å². The van der Waals surface area contributed by atoms with E-state index in [1.807, 2.05) is 29.6 Å². The molecule has 0 aliphatic carbocycles. The van der Waals surface area contributed by atoms with Crippen LogP contribution in [0.3, 0.4) is 0 Å². The number of amides is 2. The molecule has 5 rings (SSSR count). The number of nitriles is 2. The van der Waals surface area contributed by atoms with Gasteiger partial charge in [0.25, 0.3) is 0 Å². The van der Waals surface area contributed by atoms with E-state index in [4.69, 9.17) is 35.8 Å². The van der Waals surface area contributed by atoms with Crippen molar-refractivity contribution in [2.24, 2.45) is 0 Å². The minimum Gasteiger partial charge on any atom is -0.490 e. The third-order valence-electron chi connectivity index (χ3n) is 8.35. The summed E-state index contributed by atoms with van der Waals surface area (Å²) in [5.74, 6) is 0.263. The first kappa shape index (κ1) is 41.8. The summed E-state index contributed by atoms with van der Waals surface area (Å²) in [5.41, 5.74) is 2.88. The molecule has 4 aromatic rings. The minimum atomic E-state index is -0.976. The summed E-state index contributed by atoms with van der Waals surface area (Å²) in [5, 5.41) is 29.9. The van der Waals surface area contributed by atoms with Crippen molar-refractivity contribution in [2.45, 2.75) is 75.9 Å². The first-order valence-electron chi connectivity index (χ1n) is 17.9. The quantitative estimate of drug-likeness (QED) is 0.0728. The number of alkyl carbamates (subject to hydrolysis) is 1. The van der Waals surface area contributed by atoms with Crippen molar-refractivity contribution in [1.29, 1.82) is 10.5 Å². The molecule has 3 heterocycles. The van der Waals surface area contributed by atoms with Crippen molar-refractivity contribution in [1.82, 2.24) is 20.6 Å². The van der Waals surface area contributed by atoms with E-state index < -0.39 is 35.7 Å². The first-order chi connectivity index (χ1) is 26.8. The highest BCUT2D eigenvalue weighted by molar-refractivity contribution is 7.98. The van der Waals surface area contributed by atoms with Crippen molar-refractivity contribution in [3.05, 3.63) is 75.8 Å². The standard InChI is InChI=1S/C40H42ClN7O6S2/c1-24(45-39(51)54-40(3,4)5)35(49)44-25(2)38(50)53-19-18-52-30-14-10-26(11-15-30)33-31(20-42)34(48-16-6-7-17-48)47-37(32(33)21-43)56-23-29-22-55-36(46-29)27-8-12-28(41)13-9-27/h8-15,22,24-25H,6-7,16-19,23H2,1-5H3,(H,44,49)(H,45,51)/t24-,25-/m0/s1. The number of carbonyl (C=O) groups excluding carboxylic acids is 3. The lowest BCUT2D eigenvalue weighted by molar-refractivity contribution is -0.148. The van der Waals surface area contributed by atoms with Gasteiger partial charge in [0.2, 0.25) is 5.91 Å². The van der Waals surface area contributed by atoms with Crippen LogP contribution in [0.25, 0.3) is 21.7 Å². The van der Waals surface area contributed by atoms with Gasteiger partial charge in [-0.1, -0.05) is 47.6 Å². The average Bonchev–Trinajstić information content (AvgIpc) is 3.88. The van der Waals surface area contributed by atoms with Gasteiger partial charge in [-0.25, -0.2) is 19.6 Å². The van der Waals surface area contributed by atoms with Gasteiger partial charge < -0.3 is 29.7 Å². The van der Waals surface area contributed by atoms with Crippen LogP contribution in [-0.2, 0) is 24.8 Å². The molecule has 13 nitrogen and oxygen atoms in total. The third kappa shape index (κ3) is 11.1. The maximum Gasteiger partial charge on any atom is 0.408 e. The van der Waals surface area contributed by atoms with Crippen molar-refractivity contribution >= 4 is 58.5 Å². The molecule has 0 radical (unpaired) electrons. The van der Waals surface area contributed by atoms with E-state index in [0.717, 1.165) is 42.2 Å². The molecule has 2 aromatic carbocycles. The first-order valence-corrected chi connectivity index (χ1v) is 20.2. The fourth-order valence-corrected chi connectivity index (χ4v) is 7.58. The van der Waals surface area contributed by atoms with E-state index in [2.05, 4.69) is 27.7 Å². The largest absolute Gasteiger partial charge is 0.490 e. The fraction of sp³-hybridized carbons (Fsp3) is 0.375. The molecular formula is C40H42ClN7O6S2. The van der Waals surface area contributed by atoms with Crippen LogP contribution in [0.4, 0.5) is 10.6 Å². The molecule has 16 heteroatoms. The van der Waals surface area contributed by atoms with Crippen molar-refractivity contribution in [3.8, 4) is 39.6 Å². The monoisotopic (exact) mass is 815 g/mol. The van der Waals surface area contributed by atoms with Crippen LogP contribution in [0.2, 0.25) is 5.02 Å². The van der Waals surface area contributed by atoms with E-state index in [1.54, 1.807) is 45.0 Å². The third-order valence-corrected chi connectivity index (χ3v) is 10.6. The number of thiazole rings is 1. The smallest absolute Gasteiger partial charge is 0.408 e. The molecule has 1 fully saturated rings. The highest BCUT2D eigenvalue weighted by Crippen LogP contribution is 2.40. The Hall–Kier alpha value is -5.35. The van der Waals surface area contributed by atoms with Crippen LogP contribution in [0.15, 0.2) is 58.9 Å². The fourth-order valence-electron chi connectivity index (χ4n) is 5.64. The molecule has 2 amide bonds. The Labute approximate surface area is 339 Å². The Morgan fingerprint density at radius 2 is 1.59 bits per heavy atom. The number of thioether (sulfide) groups is 1. The van der Waals surface area contributed by atoms with Crippen LogP contribution < -0.4 is 20.3 Å². The van der Waals surface area contributed by atoms with E-state index in [1.165, 1.54) is 36.9 Å². The molecule has 0 unspecified atom stereocenters. The average molecular weight is 816 g/mol. The summed E-state index contributed by atoms with van der Waals surface area (Å²) in [7, 11) is 0. The molecule has 2 N–H and O–H groups in total. The zero-order chi connectivity index (χ0) is 40.4. The molecule has 0 saturated carbocycles. The Morgan fingerprint density at radius 3 is 2.23 bits per heavy atom. The van der Waals surface area contributed by atoms with Gasteiger partial charge in [-0.15, -0.1) is 11.3 Å². The lowest BCUT2D eigenvalue weighted by Gasteiger charge is -2.22. The number of esters is 1. The molecule has 0 bridgehead atoms. The lowest BCUT2D eigenvalue weighted by atomic mass is 9.96. The number of hydrogen-bond donors (Lipinski definition) is 2. The number of halogens is 1. The van der Waals surface area contributed by atoms with E-state index in [0.29, 0.717) is 49.6 Å². The predicted molar refractivity (Wildman–Crippen MR) is 216 cm³/mol. The van der Waals surface area contributed by atoms with Gasteiger partial charge in [-0.05, 0) is 77.3 Å². The molecular weight excluding hydrogens is 774 g/mol. The highest BCUT2D eigenvalue weighted by Gasteiger charge is 2.27. The molecule has 1 aliphatic rings. The van der Waals surface area contributed by atoms with E-state index in [9.17, 15) is 24.9 Å². The minimum absolute atomic E-state index is 0.0285. The Kier molecular flexibility index (Phi) is 14.2. The number of pyridine rings is 1. The Balaban J connectivity index is 1.23. The van der Waals surface area contributed by atoms with Crippen molar-refractivity contribution in [2.75, 3.05) is 31.2 Å². The van der Waals surface area contributed by atoms with Gasteiger partial charge in [-0.3, -0.25) is 4.79 Å². The van der Waals surface area contributed by atoms with Gasteiger partial charge in [0.15, 0.2) is 0 Å². The van der Waals surface area contributed by atoms with Crippen LogP contribution in [0, 0.1) is 22.7 Å². The number of anilines is 1. The number of aromatic nitrogens is 2. The number of nitrogens with one attached hydrogen (secondary N) is 2. The molecule has 292 valence electrons. The summed E-state index contributed by atoms with van der Waals surface area (Å²) in [4.78, 5) is 48.8. The Morgan fingerprint density at radius 1 is 0.929 bits per heavy atom. The van der Waals surface area contributed by atoms with Gasteiger partial charge in [0, 0.05) is 40.4 Å². The van der Waals surface area contributed by atoms with E-state index in [-0.39, 0.29) is 13.2 Å². The lowest BCUT2D eigenvalue weighted by Crippen LogP contribution is -2.50. The number of ether oxygens (including phenoxy) is 3. The normalized spacial score (nSPS) is 13.5.